The minimum Gasteiger partial charge on any atom is -0.458 e. The Morgan fingerprint density at radius 3 is 2.53 bits per heavy atom. The lowest BCUT2D eigenvalue weighted by molar-refractivity contribution is -0.243. The maximum Gasteiger partial charge on any atom is 0.331 e. The highest BCUT2D eigenvalue weighted by Gasteiger charge is 2.70. The van der Waals surface area contributed by atoms with Gasteiger partial charge >= 0.3 is 5.97 Å². The third kappa shape index (κ3) is 4.38. The van der Waals surface area contributed by atoms with E-state index in [0.717, 1.165) is 44.1 Å². The number of cyclic esters (lactones) is 1. The zero-order valence-electron chi connectivity index (χ0n) is 22.7. The smallest absolute Gasteiger partial charge is 0.331 e. The number of hydrogen-bond acceptors (Lipinski definition) is 7. The van der Waals surface area contributed by atoms with E-state index in [1.54, 1.807) is 6.08 Å². The first kappa shape index (κ1) is 27.6. The SMILES string of the molecule is C[C@]12CCC(NC(=O)CCC(=O)NCCO)C[C@H]1CC[C@@H]1[C@@H]2CC(O)[C@]2(C)C(C3=CC(=O)OC3)CC[C@]12O. The number of ether oxygens (including phenoxy) is 1. The minimum absolute atomic E-state index is 0.0177. The molecule has 212 valence electrons. The maximum atomic E-state index is 12.5. The molecule has 5 aliphatic rings. The largest absolute Gasteiger partial charge is 0.458 e. The summed E-state index contributed by atoms with van der Waals surface area (Å²) in [6.07, 6.45) is 7.70. The van der Waals surface area contributed by atoms with Crippen molar-refractivity contribution < 1.29 is 34.4 Å². The van der Waals surface area contributed by atoms with Crippen LogP contribution in [-0.2, 0) is 19.1 Å². The van der Waals surface area contributed by atoms with Crippen molar-refractivity contribution >= 4 is 17.8 Å². The second-order valence-electron chi connectivity index (χ2n) is 13.0. The van der Waals surface area contributed by atoms with E-state index in [9.17, 15) is 24.6 Å². The fourth-order valence-corrected chi connectivity index (χ4v) is 9.33. The van der Waals surface area contributed by atoms with Gasteiger partial charge in [0.05, 0.1) is 18.3 Å². The van der Waals surface area contributed by atoms with Crippen LogP contribution in [0.3, 0.4) is 0 Å². The second kappa shape index (κ2) is 10.2. The number of rotatable bonds is 7. The molecule has 38 heavy (non-hydrogen) atoms. The van der Waals surface area contributed by atoms with Gasteiger partial charge < -0.3 is 30.7 Å². The number of hydrogen-bond donors (Lipinski definition) is 5. The van der Waals surface area contributed by atoms with Crippen molar-refractivity contribution in [2.24, 2.45) is 34.5 Å². The van der Waals surface area contributed by atoms with Crippen molar-refractivity contribution in [3.05, 3.63) is 11.6 Å². The molecule has 9 atom stereocenters. The third-order valence-electron chi connectivity index (χ3n) is 11.5. The molecule has 0 bridgehead atoms. The van der Waals surface area contributed by atoms with Crippen molar-refractivity contribution in [3.63, 3.8) is 0 Å². The van der Waals surface area contributed by atoms with Crippen LogP contribution in [0.15, 0.2) is 11.6 Å². The lowest BCUT2D eigenvalue weighted by atomic mass is 9.42. The number of esters is 1. The lowest BCUT2D eigenvalue weighted by Gasteiger charge is -2.65. The molecule has 0 aromatic carbocycles. The molecule has 4 fully saturated rings. The molecule has 2 amide bonds. The molecule has 9 heteroatoms. The van der Waals surface area contributed by atoms with Crippen LogP contribution >= 0.6 is 0 Å². The summed E-state index contributed by atoms with van der Waals surface area (Å²) in [6.45, 7) is 4.69. The maximum absolute atomic E-state index is 12.5. The molecule has 9 nitrogen and oxygen atoms in total. The fourth-order valence-electron chi connectivity index (χ4n) is 9.33. The summed E-state index contributed by atoms with van der Waals surface area (Å²) < 4.78 is 5.19. The molecule has 1 heterocycles. The van der Waals surface area contributed by atoms with Gasteiger partial charge in [-0.2, -0.15) is 0 Å². The standard InChI is InChI=1S/C29H44N2O7/c1-27-9-7-19(31-25(35)6-5-24(34)30-11-12-32)14-18(27)3-4-21-22(27)15-23(33)28(2)20(8-10-29(21,28)37)17-13-26(36)38-16-17/h13,18-23,32-33,37H,3-12,14-16H2,1-2H3,(H,30,34)(H,31,35)/t18-,19?,20?,21-,22+,23?,27+,28+,29+/m1/s1. The average Bonchev–Trinajstić information content (AvgIpc) is 3.43. The van der Waals surface area contributed by atoms with E-state index < -0.39 is 17.1 Å². The molecule has 0 aromatic heterocycles. The number of aliphatic hydroxyl groups is 3. The minimum atomic E-state index is -0.984. The van der Waals surface area contributed by atoms with Crippen LogP contribution in [0.4, 0.5) is 0 Å². The van der Waals surface area contributed by atoms with Crippen LogP contribution in [0.1, 0.15) is 78.1 Å². The summed E-state index contributed by atoms with van der Waals surface area (Å²) in [5.74, 6) is -0.0373. The van der Waals surface area contributed by atoms with Gasteiger partial charge in [0.25, 0.3) is 0 Å². The first-order chi connectivity index (χ1) is 18.0. The molecule has 5 rings (SSSR count). The first-order valence-corrected chi connectivity index (χ1v) is 14.5. The Bertz CT molecular complexity index is 999. The van der Waals surface area contributed by atoms with E-state index in [-0.39, 0.29) is 79.6 Å². The van der Waals surface area contributed by atoms with Gasteiger partial charge in [-0.15, -0.1) is 0 Å². The van der Waals surface area contributed by atoms with Crippen LogP contribution in [0, 0.1) is 34.5 Å². The van der Waals surface area contributed by atoms with Crippen molar-refractivity contribution in [3.8, 4) is 0 Å². The average molecular weight is 533 g/mol. The highest BCUT2D eigenvalue weighted by Crippen LogP contribution is 2.69. The van der Waals surface area contributed by atoms with Gasteiger partial charge in [-0.05, 0) is 86.0 Å². The van der Waals surface area contributed by atoms with Crippen LogP contribution in [0.2, 0.25) is 0 Å². The van der Waals surface area contributed by atoms with Gasteiger partial charge in [0, 0.05) is 36.9 Å². The lowest BCUT2D eigenvalue weighted by Crippen LogP contribution is -2.67. The Kier molecular flexibility index (Phi) is 7.41. The van der Waals surface area contributed by atoms with E-state index in [1.807, 2.05) is 6.92 Å². The molecule has 5 N–H and O–H groups in total. The highest BCUT2D eigenvalue weighted by atomic mass is 16.5. The van der Waals surface area contributed by atoms with Crippen molar-refractivity contribution in [1.29, 1.82) is 0 Å². The molecule has 0 radical (unpaired) electrons. The Labute approximate surface area is 224 Å². The number of fused-ring (bicyclic) bond motifs is 5. The summed E-state index contributed by atoms with van der Waals surface area (Å²) in [7, 11) is 0. The van der Waals surface area contributed by atoms with Crippen LogP contribution in [0.5, 0.6) is 0 Å². The molecule has 1 aliphatic heterocycles. The molecule has 4 saturated carbocycles. The number of aliphatic hydroxyl groups excluding tert-OH is 2. The van der Waals surface area contributed by atoms with Crippen molar-refractivity contribution in [2.75, 3.05) is 19.8 Å². The molecular weight excluding hydrogens is 488 g/mol. The van der Waals surface area contributed by atoms with Crippen molar-refractivity contribution in [2.45, 2.75) is 95.8 Å². The number of carbonyl (C=O) groups is 3. The molecular formula is C29H44N2O7. The molecule has 0 spiro atoms. The summed E-state index contributed by atoms with van der Waals surface area (Å²) in [5.41, 5.74) is -0.794. The Hall–Kier alpha value is -1.97. The predicted octanol–water partition coefficient (Wildman–Crippen LogP) is 1.59. The summed E-state index contributed by atoms with van der Waals surface area (Å²) >= 11 is 0. The van der Waals surface area contributed by atoms with Crippen LogP contribution < -0.4 is 10.6 Å². The molecule has 4 aliphatic carbocycles. The summed E-state index contributed by atoms with van der Waals surface area (Å²) in [4.78, 5) is 36.1. The molecule has 0 aromatic rings. The quantitative estimate of drug-likeness (QED) is 0.313. The fraction of sp³-hybridized carbons (Fsp3) is 0.828. The first-order valence-electron chi connectivity index (χ1n) is 14.5. The van der Waals surface area contributed by atoms with Gasteiger partial charge in [-0.3, -0.25) is 9.59 Å². The Balaban J connectivity index is 1.25. The van der Waals surface area contributed by atoms with Crippen LogP contribution in [-0.4, -0.2) is 70.6 Å². The van der Waals surface area contributed by atoms with E-state index in [4.69, 9.17) is 9.84 Å². The van der Waals surface area contributed by atoms with Crippen molar-refractivity contribution in [1.82, 2.24) is 10.6 Å². The van der Waals surface area contributed by atoms with E-state index in [2.05, 4.69) is 17.6 Å². The monoisotopic (exact) mass is 532 g/mol. The Morgan fingerprint density at radius 1 is 1.05 bits per heavy atom. The number of amides is 2. The zero-order chi connectivity index (χ0) is 27.3. The zero-order valence-corrected chi connectivity index (χ0v) is 22.7. The third-order valence-corrected chi connectivity index (χ3v) is 11.5. The van der Waals surface area contributed by atoms with E-state index >= 15 is 0 Å². The topological polar surface area (TPSA) is 145 Å². The van der Waals surface area contributed by atoms with Gasteiger partial charge in [0.15, 0.2) is 0 Å². The molecule has 0 saturated heterocycles. The highest BCUT2D eigenvalue weighted by molar-refractivity contribution is 5.85. The van der Waals surface area contributed by atoms with Gasteiger partial charge in [-0.1, -0.05) is 13.8 Å². The van der Waals surface area contributed by atoms with Crippen LogP contribution in [0.25, 0.3) is 0 Å². The number of nitrogens with one attached hydrogen (secondary N) is 2. The summed E-state index contributed by atoms with van der Waals surface area (Å²) in [5, 5.41) is 38.5. The Morgan fingerprint density at radius 2 is 1.82 bits per heavy atom. The normalized spacial score (nSPS) is 43.8. The van der Waals surface area contributed by atoms with Gasteiger partial charge in [0.2, 0.25) is 11.8 Å². The van der Waals surface area contributed by atoms with Gasteiger partial charge in [0.1, 0.15) is 6.61 Å². The van der Waals surface area contributed by atoms with Gasteiger partial charge in [-0.25, -0.2) is 4.79 Å². The second-order valence-corrected chi connectivity index (χ2v) is 13.0. The van der Waals surface area contributed by atoms with E-state index in [0.29, 0.717) is 18.8 Å². The summed E-state index contributed by atoms with van der Waals surface area (Å²) in [6, 6.07) is 0.0715. The molecule has 3 unspecified atom stereocenters. The predicted molar refractivity (Wildman–Crippen MR) is 138 cm³/mol. The number of carbonyl (C=O) groups excluding carboxylic acids is 3. The van der Waals surface area contributed by atoms with E-state index in [1.165, 1.54) is 0 Å².